The molecule has 0 amide bonds. The Morgan fingerprint density at radius 1 is 1.30 bits per heavy atom. The predicted octanol–water partition coefficient (Wildman–Crippen LogP) is 3.84. The summed E-state index contributed by atoms with van der Waals surface area (Å²) in [7, 11) is 0.898. The number of hydrogen-bond donors (Lipinski definition) is 0. The van der Waals surface area contributed by atoms with E-state index in [1.807, 2.05) is 0 Å². The molecule has 23 heavy (non-hydrogen) atoms. The third-order valence-electron chi connectivity index (χ3n) is 2.97. The van der Waals surface area contributed by atoms with E-state index >= 15 is 0 Å². The molecule has 1 aromatic rings. The Balaban J connectivity index is 3.92. The van der Waals surface area contributed by atoms with Gasteiger partial charge in [0, 0.05) is 5.56 Å². The average molecular weight is 339 g/mol. The summed E-state index contributed by atoms with van der Waals surface area (Å²) in [6.45, 7) is 3.21. The van der Waals surface area contributed by atoms with Crippen molar-refractivity contribution < 1.29 is 36.3 Å². The standard InChI is InChI=1S/C14H14F5NO3/c1-6(2)4-7-8(5-21)11(14(17,18)19)20-10(12(15)16)9(7)13(22)23-3/h5-6,12H,4H2,1-3H3. The van der Waals surface area contributed by atoms with Crippen LogP contribution < -0.4 is 0 Å². The molecule has 0 N–H and O–H groups in total. The van der Waals surface area contributed by atoms with Crippen LogP contribution in [0.5, 0.6) is 0 Å². The van der Waals surface area contributed by atoms with Gasteiger partial charge in [-0.1, -0.05) is 13.8 Å². The normalized spacial score (nSPS) is 11.9. The number of nitrogens with zero attached hydrogens (tertiary/aromatic N) is 1. The van der Waals surface area contributed by atoms with Crippen LogP contribution in [0.15, 0.2) is 0 Å². The smallest absolute Gasteiger partial charge is 0.434 e. The Bertz CT molecular complexity index is 611. The van der Waals surface area contributed by atoms with Gasteiger partial charge in [-0.3, -0.25) is 4.79 Å². The largest absolute Gasteiger partial charge is 0.465 e. The van der Waals surface area contributed by atoms with Gasteiger partial charge in [-0.25, -0.2) is 18.6 Å². The highest BCUT2D eigenvalue weighted by molar-refractivity contribution is 5.95. The Kier molecular flexibility index (Phi) is 5.79. The van der Waals surface area contributed by atoms with Crippen LogP contribution in [0.4, 0.5) is 22.0 Å². The van der Waals surface area contributed by atoms with Crippen LogP contribution in [-0.4, -0.2) is 24.3 Å². The van der Waals surface area contributed by atoms with Crippen LogP contribution in [0, 0.1) is 5.92 Å². The lowest BCUT2D eigenvalue weighted by Gasteiger charge is -2.19. The second-order valence-electron chi connectivity index (χ2n) is 5.12. The number of carbonyl (C=O) groups is 2. The molecule has 4 nitrogen and oxygen atoms in total. The summed E-state index contributed by atoms with van der Waals surface area (Å²) in [6.07, 6.45) is -8.86. The first-order valence-corrected chi connectivity index (χ1v) is 6.50. The monoisotopic (exact) mass is 339 g/mol. The number of aromatic nitrogens is 1. The molecule has 0 fully saturated rings. The first-order valence-electron chi connectivity index (χ1n) is 6.50. The number of methoxy groups -OCH3 is 1. The molecular weight excluding hydrogens is 325 g/mol. The zero-order valence-electron chi connectivity index (χ0n) is 12.5. The van der Waals surface area contributed by atoms with Crippen molar-refractivity contribution in [1.29, 1.82) is 0 Å². The minimum atomic E-state index is -5.11. The highest BCUT2D eigenvalue weighted by atomic mass is 19.4. The number of hydrogen-bond acceptors (Lipinski definition) is 4. The van der Waals surface area contributed by atoms with Crippen molar-refractivity contribution in [2.24, 2.45) is 5.92 Å². The van der Waals surface area contributed by atoms with Gasteiger partial charge in [0.05, 0.1) is 12.7 Å². The van der Waals surface area contributed by atoms with Gasteiger partial charge in [0.1, 0.15) is 5.69 Å². The van der Waals surface area contributed by atoms with Crippen LogP contribution in [0.1, 0.15) is 57.9 Å². The Hall–Kier alpha value is -2.06. The van der Waals surface area contributed by atoms with E-state index in [4.69, 9.17) is 0 Å². The number of pyridine rings is 1. The fraction of sp³-hybridized carbons (Fsp3) is 0.500. The van der Waals surface area contributed by atoms with Crippen molar-refractivity contribution in [3.63, 3.8) is 0 Å². The second kappa shape index (κ2) is 7.01. The van der Waals surface area contributed by atoms with Crippen molar-refractivity contribution in [3.05, 3.63) is 28.1 Å². The highest BCUT2D eigenvalue weighted by Gasteiger charge is 2.40. The molecule has 128 valence electrons. The number of carbonyl (C=O) groups excluding carboxylic acids is 2. The number of esters is 1. The minimum absolute atomic E-state index is 0.130. The molecule has 0 aliphatic heterocycles. The van der Waals surface area contributed by atoms with E-state index < -0.39 is 46.6 Å². The van der Waals surface area contributed by atoms with Crippen molar-refractivity contribution >= 4 is 12.3 Å². The minimum Gasteiger partial charge on any atom is -0.465 e. The molecule has 0 aliphatic carbocycles. The summed E-state index contributed by atoms with van der Waals surface area (Å²) < 4.78 is 69.7. The maximum atomic E-state index is 13.1. The Labute approximate surface area is 128 Å². The zero-order valence-corrected chi connectivity index (χ0v) is 12.5. The molecule has 0 spiro atoms. The lowest BCUT2D eigenvalue weighted by atomic mass is 9.91. The molecule has 0 radical (unpaired) electrons. The topological polar surface area (TPSA) is 56.3 Å². The summed E-state index contributed by atoms with van der Waals surface area (Å²) in [5.41, 5.74) is -5.21. The number of ether oxygens (including phenoxy) is 1. The van der Waals surface area contributed by atoms with Gasteiger partial charge in [-0.05, 0) is 17.9 Å². The van der Waals surface area contributed by atoms with E-state index in [1.54, 1.807) is 13.8 Å². The molecule has 0 aliphatic rings. The first-order chi connectivity index (χ1) is 10.5. The van der Waals surface area contributed by atoms with E-state index in [0.29, 0.717) is 0 Å². The van der Waals surface area contributed by atoms with Gasteiger partial charge in [0.25, 0.3) is 6.43 Å². The number of aldehydes is 1. The summed E-state index contributed by atoms with van der Waals surface area (Å²) in [4.78, 5) is 25.8. The van der Waals surface area contributed by atoms with E-state index in [1.165, 1.54) is 0 Å². The Morgan fingerprint density at radius 3 is 2.22 bits per heavy atom. The fourth-order valence-corrected chi connectivity index (χ4v) is 2.12. The van der Waals surface area contributed by atoms with E-state index in [2.05, 4.69) is 9.72 Å². The maximum absolute atomic E-state index is 13.1. The molecular formula is C14H14F5NO3. The van der Waals surface area contributed by atoms with Crippen LogP contribution in [0.3, 0.4) is 0 Å². The average Bonchev–Trinajstić information content (AvgIpc) is 2.43. The lowest BCUT2D eigenvalue weighted by molar-refractivity contribution is -0.141. The summed E-state index contributed by atoms with van der Waals surface area (Å²) in [6, 6.07) is 0. The lowest BCUT2D eigenvalue weighted by Crippen LogP contribution is -2.22. The van der Waals surface area contributed by atoms with Gasteiger partial charge >= 0.3 is 12.1 Å². The SMILES string of the molecule is COC(=O)c1c(C(F)F)nc(C(F)(F)F)c(C=O)c1CC(C)C. The molecule has 0 atom stereocenters. The maximum Gasteiger partial charge on any atom is 0.434 e. The van der Waals surface area contributed by atoms with Gasteiger partial charge < -0.3 is 4.74 Å². The summed E-state index contributed by atoms with van der Waals surface area (Å²) >= 11 is 0. The molecule has 1 rings (SSSR count). The van der Waals surface area contributed by atoms with Crippen molar-refractivity contribution in [1.82, 2.24) is 4.98 Å². The second-order valence-corrected chi connectivity index (χ2v) is 5.12. The van der Waals surface area contributed by atoms with Gasteiger partial charge in [-0.15, -0.1) is 0 Å². The fourth-order valence-electron chi connectivity index (χ4n) is 2.12. The van der Waals surface area contributed by atoms with Gasteiger partial charge in [0.2, 0.25) is 0 Å². The highest BCUT2D eigenvalue weighted by Crippen LogP contribution is 2.36. The molecule has 0 saturated heterocycles. The number of alkyl halides is 5. The van der Waals surface area contributed by atoms with E-state index in [0.717, 1.165) is 7.11 Å². The van der Waals surface area contributed by atoms with Crippen molar-refractivity contribution in [3.8, 4) is 0 Å². The quantitative estimate of drug-likeness (QED) is 0.465. The molecule has 0 bridgehead atoms. The van der Waals surface area contributed by atoms with E-state index in [-0.39, 0.29) is 18.6 Å². The summed E-state index contributed by atoms with van der Waals surface area (Å²) in [5.74, 6) is -1.56. The third-order valence-corrected chi connectivity index (χ3v) is 2.97. The molecule has 9 heteroatoms. The van der Waals surface area contributed by atoms with Crippen LogP contribution in [0.2, 0.25) is 0 Å². The predicted molar refractivity (Wildman–Crippen MR) is 69.5 cm³/mol. The van der Waals surface area contributed by atoms with Crippen molar-refractivity contribution in [2.45, 2.75) is 32.9 Å². The van der Waals surface area contributed by atoms with E-state index in [9.17, 15) is 31.5 Å². The molecule has 0 saturated carbocycles. The summed E-state index contributed by atoms with van der Waals surface area (Å²) in [5, 5.41) is 0. The molecule has 1 aromatic heterocycles. The van der Waals surface area contributed by atoms with Crippen LogP contribution in [-0.2, 0) is 17.3 Å². The van der Waals surface area contributed by atoms with Gasteiger partial charge in [-0.2, -0.15) is 13.2 Å². The van der Waals surface area contributed by atoms with Crippen LogP contribution in [0.25, 0.3) is 0 Å². The van der Waals surface area contributed by atoms with Gasteiger partial charge in [0.15, 0.2) is 12.0 Å². The molecule has 0 aromatic carbocycles. The van der Waals surface area contributed by atoms with Crippen LogP contribution >= 0.6 is 0 Å². The molecule has 0 unspecified atom stereocenters. The third kappa shape index (κ3) is 4.02. The Morgan fingerprint density at radius 2 is 1.87 bits per heavy atom. The van der Waals surface area contributed by atoms with Crippen molar-refractivity contribution in [2.75, 3.05) is 7.11 Å². The number of rotatable bonds is 5. The number of halogens is 5. The molecule has 1 heterocycles. The first kappa shape index (κ1) is 19.0. The zero-order chi connectivity index (χ0) is 17.9.